The Balaban J connectivity index is 1.58. The summed E-state index contributed by atoms with van der Waals surface area (Å²) in [7, 11) is 1.64. The van der Waals surface area contributed by atoms with Crippen LogP contribution in [0, 0.1) is 11.3 Å². The number of amides is 2. The van der Waals surface area contributed by atoms with Crippen LogP contribution in [0.15, 0.2) is 36.4 Å². The first-order chi connectivity index (χ1) is 19.0. The zero-order chi connectivity index (χ0) is 28.8. The SMILES string of the molecule is COc1ccccc1[C@H]1S[C@H](CC(=O)N2CCC(C(=O)O)CC2)C(=O)N2c3c(cc(Cl)cc31)CC[C@@H]2C(C)(C)C. The summed E-state index contributed by atoms with van der Waals surface area (Å²) in [4.78, 5) is 43.3. The molecule has 0 aliphatic carbocycles. The average Bonchev–Trinajstić information content (AvgIpc) is 3.03. The molecule has 0 unspecified atom stereocenters. The van der Waals surface area contributed by atoms with Crippen LogP contribution in [0.3, 0.4) is 0 Å². The molecule has 2 amide bonds. The summed E-state index contributed by atoms with van der Waals surface area (Å²) in [5, 5.41) is 9.11. The Morgan fingerprint density at radius 3 is 2.45 bits per heavy atom. The molecule has 5 rings (SSSR count). The van der Waals surface area contributed by atoms with Gasteiger partial charge in [-0.15, -0.1) is 11.8 Å². The number of anilines is 1. The number of halogens is 1. The van der Waals surface area contributed by atoms with Gasteiger partial charge in [-0.1, -0.05) is 50.6 Å². The number of nitrogens with zero attached hydrogens (tertiary/aromatic N) is 2. The number of methoxy groups -OCH3 is 1. The number of benzene rings is 2. The molecule has 9 heteroatoms. The van der Waals surface area contributed by atoms with Crippen LogP contribution in [0.1, 0.15) is 68.4 Å². The number of carboxylic acids is 1. The number of hydrogen-bond acceptors (Lipinski definition) is 5. The number of ether oxygens (including phenoxy) is 1. The number of piperidine rings is 1. The topological polar surface area (TPSA) is 87.1 Å². The lowest BCUT2D eigenvalue weighted by molar-refractivity contribution is -0.145. The summed E-state index contributed by atoms with van der Waals surface area (Å²) < 4.78 is 5.76. The monoisotopic (exact) mass is 584 g/mol. The number of aryl methyl sites for hydroxylation is 1. The van der Waals surface area contributed by atoms with Crippen LogP contribution in [0.4, 0.5) is 5.69 Å². The van der Waals surface area contributed by atoms with E-state index in [0.717, 1.165) is 41.0 Å². The van der Waals surface area contributed by atoms with Crippen LogP contribution in [0.2, 0.25) is 5.02 Å². The number of carboxylic acid groups (broad SMARTS) is 1. The molecule has 0 radical (unpaired) electrons. The van der Waals surface area contributed by atoms with E-state index in [9.17, 15) is 19.5 Å². The van der Waals surface area contributed by atoms with Gasteiger partial charge in [0, 0.05) is 36.1 Å². The molecule has 3 aliphatic rings. The van der Waals surface area contributed by atoms with Crippen molar-refractivity contribution in [1.82, 2.24) is 4.90 Å². The van der Waals surface area contributed by atoms with Crippen molar-refractivity contribution >= 4 is 46.8 Å². The van der Waals surface area contributed by atoms with E-state index in [1.54, 1.807) is 12.0 Å². The van der Waals surface area contributed by atoms with Gasteiger partial charge in [-0.2, -0.15) is 0 Å². The predicted octanol–water partition coefficient (Wildman–Crippen LogP) is 5.96. The van der Waals surface area contributed by atoms with Gasteiger partial charge < -0.3 is 19.6 Å². The van der Waals surface area contributed by atoms with Crippen molar-refractivity contribution < 1.29 is 24.2 Å². The molecular formula is C31H37ClN2O5S. The summed E-state index contributed by atoms with van der Waals surface area (Å²) in [5.74, 6) is -0.681. The first kappa shape index (κ1) is 28.8. The Hall–Kier alpha value is -2.71. The normalized spacial score (nSPS) is 23.4. The number of rotatable bonds is 5. The maximum absolute atomic E-state index is 14.6. The number of carbonyl (C=O) groups is 3. The van der Waals surface area contributed by atoms with E-state index < -0.39 is 17.1 Å². The van der Waals surface area contributed by atoms with Crippen molar-refractivity contribution in [2.24, 2.45) is 11.3 Å². The fourth-order valence-corrected chi connectivity index (χ4v) is 8.11. The van der Waals surface area contributed by atoms with E-state index in [1.807, 2.05) is 41.3 Å². The molecule has 1 fully saturated rings. The van der Waals surface area contributed by atoms with Gasteiger partial charge in [-0.3, -0.25) is 14.4 Å². The highest BCUT2D eigenvalue weighted by Gasteiger charge is 2.46. The summed E-state index contributed by atoms with van der Waals surface area (Å²) in [6.07, 6.45) is 2.55. The van der Waals surface area contributed by atoms with E-state index in [2.05, 4.69) is 20.8 Å². The van der Waals surface area contributed by atoms with Gasteiger partial charge in [-0.25, -0.2) is 0 Å². The van der Waals surface area contributed by atoms with Crippen molar-refractivity contribution in [3.63, 3.8) is 0 Å². The maximum atomic E-state index is 14.6. The Labute approximate surface area is 245 Å². The highest BCUT2D eigenvalue weighted by atomic mass is 35.5. The van der Waals surface area contributed by atoms with Gasteiger partial charge in [0.15, 0.2) is 0 Å². The number of likely N-dealkylation sites (tertiary alicyclic amines) is 1. The van der Waals surface area contributed by atoms with E-state index in [-0.39, 0.29) is 34.9 Å². The van der Waals surface area contributed by atoms with E-state index in [0.29, 0.717) is 31.0 Å². The number of para-hydroxylation sites is 1. The van der Waals surface area contributed by atoms with Gasteiger partial charge in [0.1, 0.15) is 5.75 Å². The molecule has 2 aromatic carbocycles. The lowest BCUT2D eigenvalue weighted by Crippen LogP contribution is -2.53. The van der Waals surface area contributed by atoms with Crippen LogP contribution in [0.25, 0.3) is 0 Å². The van der Waals surface area contributed by atoms with Gasteiger partial charge in [-0.05, 0) is 60.4 Å². The quantitative estimate of drug-likeness (QED) is 0.466. The molecule has 0 aromatic heterocycles. The zero-order valence-corrected chi connectivity index (χ0v) is 25.1. The molecule has 214 valence electrons. The molecule has 3 heterocycles. The van der Waals surface area contributed by atoms with Gasteiger partial charge in [0.2, 0.25) is 11.8 Å². The third-order valence-electron chi connectivity index (χ3n) is 8.50. The Bertz CT molecular complexity index is 1320. The van der Waals surface area contributed by atoms with Crippen LogP contribution < -0.4 is 9.64 Å². The van der Waals surface area contributed by atoms with Crippen LogP contribution in [-0.2, 0) is 20.8 Å². The van der Waals surface area contributed by atoms with Gasteiger partial charge >= 0.3 is 5.97 Å². The van der Waals surface area contributed by atoms with Crippen molar-refractivity contribution in [1.29, 1.82) is 0 Å². The largest absolute Gasteiger partial charge is 0.496 e. The highest BCUT2D eigenvalue weighted by molar-refractivity contribution is 8.01. The minimum absolute atomic E-state index is 0.0339. The second-order valence-corrected chi connectivity index (χ2v) is 13.8. The molecular weight excluding hydrogens is 548 g/mol. The lowest BCUT2D eigenvalue weighted by Gasteiger charge is -2.45. The number of carbonyl (C=O) groups excluding carboxylic acids is 2. The van der Waals surface area contributed by atoms with Crippen LogP contribution in [-0.4, -0.2) is 59.3 Å². The van der Waals surface area contributed by atoms with Crippen molar-refractivity contribution in [3.8, 4) is 5.75 Å². The smallest absolute Gasteiger partial charge is 0.306 e. The predicted molar refractivity (Wildman–Crippen MR) is 158 cm³/mol. The van der Waals surface area contributed by atoms with Crippen LogP contribution >= 0.6 is 23.4 Å². The maximum Gasteiger partial charge on any atom is 0.306 e. The minimum atomic E-state index is -0.813. The second kappa shape index (κ2) is 11.3. The highest BCUT2D eigenvalue weighted by Crippen LogP contribution is 2.54. The molecule has 1 N–H and O–H groups in total. The van der Waals surface area contributed by atoms with Gasteiger partial charge in [0.05, 0.1) is 29.2 Å². The molecule has 7 nitrogen and oxygen atoms in total. The minimum Gasteiger partial charge on any atom is -0.496 e. The van der Waals surface area contributed by atoms with Crippen molar-refractivity contribution in [2.45, 2.75) is 69.4 Å². The number of hydrogen-bond donors (Lipinski definition) is 1. The van der Waals surface area contributed by atoms with E-state index in [4.69, 9.17) is 16.3 Å². The summed E-state index contributed by atoms with van der Waals surface area (Å²) >= 11 is 8.17. The molecule has 0 bridgehead atoms. The molecule has 1 saturated heterocycles. The summed E-state index contributed by atoms with van der Waals surface area (Å²) in [6, 6.07) is 11.7. The van der Waals surface area contributed by atoms with Crippen molar-refractivity contribution in [2.75, 3.05) is 25.1 Å². The Morgan fingerprint density at radius 1 is 1.10 bits per heavy atom. The lowest BCUT2D eigenvalue weighted by atomic mass is 9.78. The second-order valence-electron chi connectivity index (χ2n) is 12.1. The standard InChI is InChI=1S/C31H37ClN2O5S/c1-31(2,3)25-10-9-19-15-20(32)16-22-27(19)34(25)29(36)24(40-28(22)21-7-5-6-8-23(21)39-4)17-26(35)33-13-11-18(12-14-33)30(37)38/h5-8,15-16,18,24-25,28H,9-14,17H2,1-4H3,(H,37,38)/t24-,25-,28-/m1/s1. The van der Waals surface area contributed by atoms with Crippen molar-refractivity contribution in [3.05, 3.63) is 58.1 Å². The van der Waals surface area contributed by atoms with E-state index >= 15 is 0 Å². The third kappa shape index (κ3) is 5.45. The first-order valence-corrected chi connectivity index (χ1v) is 15.3. The summed E-state index contributed by atoms with van der Waals surface area (Å²) in [5.41, 5.74) is 3.70. The number of aliphatic carboxylic acids is 1. The third-order valence-corrected chi connectivity index (χ3v) is 10.2. The molecule has 3 aliphatic heterocycles. The molecule has 2 aromatic rings. The fraction of sp³-hybridized carbons (Fsp3) is 0.516. The Kier molecular flexibility index (Phi) is 8.13. The first-order valence-electron chi connectivity index (χ1n) is 13.9. The molecule has 0 saturated carbocycles. The Morgan fingerprint density at radius 2 is 1.80 bits per heavy atom. The number of thioether (sulfide) groups is 1. The van der Waals surface area contributed by atoms with Crippen LogP contribution in [0.5, 0.6) is 5.75 Å². The summed E-state index contributed by atoms with van der Waals surface area (Å²) in [6.45, 7) is 7.27. The molecule has 40 heavy (non-hydrogen) atoms. The average molecular weight is 585 g/mol. The fourth-order valence-electron chi connectivity index (χ4n) is 6.40. The molecule has 0 spiro atoms. The zero-order valence-electron chi connectivity index (χ0n) is 23.5. The van der Waals surface area contributed by atoms with Gasteiger partial charge in [0.25, 0.3) is 0 Å². The molecule has 3 atom stereocenters. The van der Waals surface area contributed by atoms with E-state index in [1.165, 1.54) is 11.8 Å².